The Morgan fingerprint density at radius 1 is 1.17 bits per heavy atom. The molecule has 0 radical (unpaired) electrons. The van der Waals surface area contributed by atoms with Crippen LogP contribution < -0.4 is 0 Å². The van der Waals surface area contributed by atoms with E-state index < -0.39 is 6.09 Å². The molecule has 1 aromatic heterocycles. The van der Waals surface area contributed by atoms with Crippen molar-refractivity contribution in [3.05, 3.63) is 18.7 Å². The molecule has 4 aliphatic rings. The van der Waals surface area contributed by atoms with Crippen LogP contribution in [-0.4, -0.2) is 33.3 Å². The molecule has 4 fully saturated rings. The number of hydrogen-bond acceptors (Lipinski definition) is 5. The molecule has 2 unspecified atom stereocenters. The van der Waals surface area contributed by atoms with Gasteiger partial charge >= 0.3 is 6.09 Å². The molecule has 0 amide bonds. The van der Waals surface area contributed by atoms with Gasteiger partial charge in [0, 0.05) is 36.6 Å². The average molecular weight is 399 g/mol. The van der Waals surface area contributed by atoms with Crippen molar-refractivity contribution in [2.75, 3.05) is 0 Å². The first kappa shape index (κ1) is 19.0. The van der Waals surface area contributed by atoms with Gasteiger partial charge in [-0.2, -0.15) is 0 Å². The van der Waals surface area contributed by atoms with Crippen molar-refractivity contribution in [3.63, 3.8) is 0 Å². The maximum Gasteiger partial charge on any atom is 0.419 e. The second kappa shape index (κ2) is 6.51. The van der Waals surface area contributed by atoms with Gasteiger partial charge in [-0.3, -0.25) is 9.59 Å². The lowest BCUT2D eigenvalue weighted by Gasteiger charge is -2.59. The second-order valence-corrected chi connectivity index (χ2v) is 10.3. The van der Waals surface area contributed by atoms with Crippen molar-refractivity contribution in [2.24, 2.45) is 34.5 Å². The number of fused-ring (bicyclic) bond motifs is 5. The third kappa shape index (κ3) is 2.74. The number of nitrogens with zero attached hydrogens (tertiary/aromatic N) is 2. The van der Waals surface area contributed by atoms with Crippen LogP contribution in [0.1, 0.15) is 65.2 Å². The van der Waals surface area contributed by atoms with Gasteiger partial charge in [0.25, 0.3) is 0 Å². The van der Waals surface area contributed by atoms with Crippen LogP contribution in [0.25, 0.3) is 0 Å². The lowest BCUT2D eigenvalue weighted by atomic mass is 9.45. The number of ketones is 2. The lowest BCUT2D eigenvalue weighted by molar-refractivity contribution is -0.160. The Hall–Kier alpha value is -1.98. The van der Waals surface area contributed by atoms with Crippen molar-refractivity contribution >= 4 is 17.7 Å². The summed E-state index contributed by atoms with van der Waals surface area (Å²) in [7, 11) is 0. The fourth-order valence-corrected chi connectivity index (χ4v) is 7.45. The van der Waals surface area contributed by atoms with E-state index >= 15 is 0 Å². The standard InChI is InChI=1S/C23H30N2O4/c1-22-7-5-14(29-21(28)25-10-9-24-13-25)11-18(22)19(26)12-15-16-3-4-20(27)23(16,2)8-6-17(15)22/h9-10,13-18H,3-8,11-12H2,1-2H3/t14?,15-,16-,17+,18?,22+,23-/m0/s1. The molecule has 5 rings (SSSR count). The van der Waals surface area contributed by atoms with E-state index in [4.69, 9.17) is 4.74 Å². The average Bonchev–Trinajstić information content (AvgIpc) is 3.32. The number of hydrogen-bond donors (Lipinski definition) is 0. The van der Waals surface area contributed by atoms with E-state index in [2.05, 4.69) is 18.8 Å². The molecule has 6 nitrogen and oxygen atoms in total. The molecular formula is C23H30N2O4. The lowest BCUT2D eigenvalue weighted by Crippen LogP contribution is -2.57. The number of imidazole rings is 1. The molecule has 29 heavy (non-hydrogen) atoms. The van der Waals surface area contributed by atoms with Gasteiger partial charge in [-0.05, 0) is 61.7 Å². The Morgan fingerprint density at radius 3 is 2.76 bits per heavy atom. The number of ether oxygens (including phenoxy) is 1. The molecular weight excluding hydrogens is 368 g/mol. The van der Waals surface area contributed by atoms with E-state index in [9.17, 15) is 14.4 Å². The summed E-state index contributed by atoms with van der Waals surface area (Å²) in [5.74, 6) is 1.90. The SMILES string of the molecule is C[C@]12CCC(OC(=O)n3ccnc3)CC1C(=O)C[C@@H]1[C@H]2CC[C@]2(C)C(=O)CC[C@@H]12. The molecule has 0 aromatic carbocycles. The molecule has 1 heterocycles. The highest BCUT2D eigenvalue weighted by Gasteiger charge is 2.62. The second-order valence-electron chi connectivity index (χ2n) is 10.3. The maximum atomic E-state index is 13.3. The first-order valence-corrected chi connectivity index (χ1v) is 11.1. The summed E-state index contributed by atoms with van der Waals surface area (Å²) in [5.41, 5.74) is -0.243. The van der Waals surface area contributed by atoms with Crippen LogP contribution in [-0.2, 0) is 14.3 Å². The van der Waals surface area contributed by atoms with Crippen LogP contribution in [0.3, 0.4) is 0 Å². The Kier molecular flexibility index (Phi) is 4.27. The predicted molar refractivity (Wildman–Crippen MR) is 105 cm³/mol. The van der Waals surface area contributed by atoms with Crippen molar-refractivity contribution in [1.82, 2.24) is 9.55 Å². The van der Waals surface area contributed by atoms with Crippen LogP contribution >= 0.6 is 0 Å². The Balaban J connectivity index is 1.35. The summed E-state index contributed by atoms with van der Waals surface area (Å²) in [5, 5.41) is 0. The highest BCUT2D eigenvalue weighted by atomic mass is 16.6. The van der Waals surface area contributed by atoms with Gasteiger partial charge in [-0.15, -0.1) is 0 Å². The topological polar surface area (TPSA) is 78.3 Å². The fraction of sp³-hybridized carbons (Fsp3) is 0.739. The molecule has 6 heteroatoms. The van der Waals surface area contributed by atoms with E-state index in [1.54, 1.807) is 12.4 Å². The van der Waals surface area contributed by atoms with Crippen molar-refractivity contribution in [1.29, 1.82) is 0 Å². The zero-order chi connectivity index (χ0) is 20.4. The summed E-state index contributed by atoms with van der Waals surface area (Å²) in [6, 6.07) is 0. The minimum atomic E-state index is -0.421. The molecule has 0 bridgehead atoms. The van der Waals surface area contributed by atoms with Crippen molar-refractivity contribution < 1.29 is 19.1 Å². The molecule has 4 aliphatic carbocycles. The zero-order valence-corrected chi connectivity index (χ0v) is 17.3. The van der Waals surface area contributed by atoms with Gasteiger partial charge in [0.1, 0.15) is 24.0 Å². The minimum Gasteiger partial charge on any atom is -0.446 e. The number of carbonyl (C=O) groups excluding carboxylic acids is 3. The summed E-state index contributed by atoms with van der Waals surface area (Å²) in [4.78, 5) is 42.0. The monoisotopic (exact) mass is 398 g/mol. The molecule has 0 saturated heterocycles. The van der Waals surface area contributed by atoms with Gasteiger partial charge in [-0.1, -0.05) is 13.8 Å². The molecule has 156 valence electrons. The zero-order valence-electron chi connectivity index (χ0n) is 17.3. The summed E-state index contributed by atoms with van der Waals surface area (Å²) in [6.07, 6.45) is 10.5. The molecule has 1 aromatic rings. The maximum absolute atomic E-state index is 13.3. The van der Waals surface area contributed by atoms with Crippen molar-refractivity contribution in [3.8, 4) is 0 Å². The summed E-state index contributed by atoms with van der Waals surface area (Å²) >= 11 is 0. The highest BCUT2D eigenvalue weighted by molar-refractivity contribution is 5.88. The van der Waals surface area contributed by atoms with Crippen LogP contribution in [0.15, 0.2) is 18.7 Å². The van der Waals surface area contributed by atoms with E-state index in [1.165, 1.54) is 10.9 Å². The number of aromatic nitrogens is 2. The van der Waals surface area contributed by atoms with E-state index in [0.717, 1.165) is 32.1 Å². The minimum absolute atomic E-state index is 0.0368. The predicted octanol–water partition coefficient (Wildman–Crippen LogP) is 4.03. The van der Waals surface area contributed by atoms with Crippen molar-refractivity contribution in [2.45, 2.75) is 71.3 Å². The first-order chi connectivity index (χ1) is 13.8. The third-order valence-electron chi connectivity index (χ3n) is 9.10. The van der Waals surface area contributed by atoms with Crippen LogP contribution in [0.4, 0.5) is 4.79 Å². The smallest absolute Gasteiger partial charge is 0.419 e. The highest BCUT2D eigenvalue weighted by Crippen LogP contribution is 2.64. The van der Waals surface area contributed by atoms with Gasteiger partial charge in [0.2, 0.25) is 0 Å². The van der Waals surface area contributed by atoms with E-state index in [-0.39, 0.29) is 22.9 Å². The Labute approximate surface area is 171 Å². The van der Waals surface area contributed by atoms with Gasteiger partial charge in [0.05, 0.1) is 0 Å². The normalized spacial score (nSPS) is 44.0. The summed E-state index contributed by atoms with van der Waals surface area (Å²) < 4.78 is 7.04. The molecule has 0 aliphatic heterocycles. The van der Waals surface area contributed by atoms with Gasteiger partial charge in [0.15, 0.2) is 0 Å². The quantitative estimate of drug-likeness (QED) is 0.714. The van der Waals surface area contributed by atoms with Crippen LogP contribution in [0, 0.1) is 34.5 Å². The molecule has 4 saturated carbocycles. The van der Waals surface area contributed by atoms with E-state index in [1.807, 2.05) is 0 Å². The fourth-order valence-electron chi connectivity index (χ4n) is 7.45. The third-order valence-corrected chi connectivity index (χ3v) is 9.10. The van der Waals surface area contributed by atoms with Gasteiger partial charge in [-0.25, -0.2) is 14.3 Å². The Morgan fingerprint density at radius 2 is 2.00 bits per heavy atom. The van der Waals surface area contributed by atoms with Crippen LogP contribution in [0.5, 0.6) is 0 Å². The molecule has 0 N–H and O–H groups in total. The Bertz CT molecular complexity index is 849. The van der Waals surface area contributed by atoms with Crippen LogP contribution in [0.2, 0.25) is 0 Å². The number of rotatable bonds is 1. The number of carbonyl (C=O) groups is 3. The summed E-state index contributed by atoms with van der Waals surface area (Å²) in [6.45, 7) is 4.44. The molecule has 0 spiro atoms. The van der Waals surface area contributed by atoms with E-state index in [0.29, 0.717) is 48.6 Å². The largest absolute Gasteiger partial charge is 0.446 e. The van der Waals surface area contributed by atoms with Gasteiger partial charge < -0.3 is 4.74 Å². The molecule has 7 atom stereocenters. The number of Topliss-reactive ketones (excluding diaryl/α,β-unsaturated/α-hetero) is 2. The first-order valence-electron chi connectivity index (χ1n) is 11.1.